The number of likely N-dealkylation sites (N-methyl/N-ethyl adjacent to an activating group) is 1. The van der Waals surface area contributed by atoms with E-state index in [1.54, 1.807) is 18.2 Å². The molecule has 1 saturated heterocycles. The summed E-state index contributed by atoms with van der Waals surface area (Å²) in [5, 5.41) is 11.2. The molecule has 1 atom stereocenters. The highest BCUT2D eigenvalue weighted by molar-refractivity contribution is 6.35. The Labute approximate surface area is 330 Å². The average molecular weight is 784 g/mol. The van der Waals surface area contributed by atoms with Crippen LogP contribution in [0.4, 0.5) is 11.4 Å². The molecule has 16 nitrogen and oxygen atoms in total. The second-order valence-corrected chi connectivity index (χ2v) is 14.3. The van der Waals surface area contributed by atoms with Gasteiger partial charge in [-0.1, -0.05) is 12.1 Å². The van der Waals surface area contributed by atoms with Gasteiger partial charge in [0.25, 0.3) is 23.6 Å². The molecule has 6 amide bonds. The summed E-state index contributed by atoms with van der Waals surface area (Å²) >= 11 is 0. The van der Waals surface area contributed by atoms with E-state index in [4.69, 9.17) is 14.2 Å². The number of nitrogens with zero attached hydrogens (tertiary/aromatic N) is 2. The van der Waals surface area contributed by atoms with Gasteiger partial charge in [0.15, 0.2) is 0 Å². The molecule has 0 saturated carbocycles. The van der Waals surface area contributed by atoms with Crippen LogP contribution in [-0.2, 0) is 35.0 Å². The monoisotopic (exact) mass is 783 g/mol. The first-order valence-electron chi connectivity index (χ1n) is 19.0. The zero-order valence-electron chi connectivity index (χ0n) is 32.7. The van der Waals surface area contributed by atoms with E-state index in [2.05, 4.69) is 37.2 Å². The van der Waals surface area contributed by atoms with E-state index >= 15 is 0 Å². The summed E-state index contributed by atoms with van der Waals surface area (Å²) < 4.78 is 16.8. The largest absolute Gasteiger partial charge is 0.382 e. The van der Waals surface area contributed by atoms with Gasteiger partial charge < -0.3 is 40.0 Å². The molecule has 0 aliphatic carbocycles. The molecule has 3 aliphatic rings. The topological polar surface area (TPSA) is 200 Å². The van der Waals surface area contributed by atoms with E-state index in [9.17, 15) is 28.8 Å². The minimum atomic E-state index is -1.03. The minimum absolute atomic E-state index is 0.0539. The van der Waals surface area contributed by atoms with Crippen molar-refractivity contribution >= 4 is 58.5 Å². The number of aryl methyl sites for hydroxylation is 1. The van der Waals surface area contributed by atoms with Crippen LogP contribution in [0.2, 0.25) is 0 Å². The lowest BCUT2D eigenvalue weighted by atomic mass is 10.0. The van der Waals surface area contributed by atoms with Crippen LogP contribution in [0.1, 0.15) is 72.0 Å². The maximum Gasteiger partial charge on any atom is 0.264 e. The van der Waals surface area contributed by atoms with E-state index in [1.165, 1.54) is 0 Å². The number of carbonyl (C=O) groups excluding carboxylic acids is 6. The molecule has 0 radical (unpaired) electrons. The molecule has 6 rings (SSSR count). The normalized spacial score (nSPS) is 17.0. The summed E-state index contributed by atoms with van der Waals surface area (Å²) in [6.45, 7) is 7.20. The highest BCUT2D eigenvalue weighted by Gasteiger charge is 2.45. The average Bonchev–Trinajstić information content (AvgIpc) is 3.74. The Hall–Kier alpha value is -5.68. The van der Waals surface area contributed by atoms with Gasteiger partial charge in [-0.2, -0.15) is 0 Å². The smallest absolute Gasteiger partial charge is 0.264 e. The number of aromatic nitrogens is 1. The van der Waals surface area contributed by atoms with Gasteiger partial charge in [0, 0.05) is 54.4 Å². The number of rotatable bonds is 19. The zero-order valence-corrected chi connectivity index (χ0v) is 32.7. The number of nitrogens with one attached hydrogen (secondary N) is 5. The fraction of sp³-hybridized carbons (Fsp3) is 0.415. The molecule has 302 valence electrons. The van der Waals surface area contributed by atoms with Gasteiger partial charge in [0.05, 0.1) is 61.9 Å². The number of anilines is 2. The summed E-state index contributed by atoms with van der Waals surface area (Å²) in [5.74, 6) is -2.62. The molecule has 0 unspecified atom stereocenters. The minimum Gasteiger partial charge on any atom is -0.382 e. The van der Waals surface area contributed by atoms with Gasteiger partial charge in [-0.3, -0.25) is 39.0 Å². The van der Waals surface area contributed by atoms with Gasteiger partial charge in [-0.05, 0) is 82.3 Å². The molecule has 4 heterocycles. The number of ether oxygens (including phenoxy) is 3. The lowest BCUT2D eigenvalue weighted by molar-refractivity contribution is -0.136. The Kier molecular flexibility index (Phi) is 13.3. The number of amides is 6. The second-order valence-electron chi connectivity index (χ2n) is 14.3. The van der Waals surface area contributed by atoms with Crippen LogP contribution in [0.5, 0.6) is 0 Å². The standard InChI is InChI=1S/C41H49N7O9/c1-24-32(23-29-28-22-26(12-15-47(3)4)8-9-30(28)45-37(29)50)44-25(2)35(24)39(52)43-14-17-56-19-21-57-20-18-55-16-13-42-31-7-5-6-27-36(31)41(54)48(40(27)53)33-10-11-34(49)46-38(33)51/h5-9,22-23,33,42,44H,10-21H2,1-4H3,(H,43,52)(H,45,50)(H,46,49,51)/b29-23-/t33-/m1/s1. The molecule has 16 heteroatoms. The highest BCUT2D eigenvalue weighted by Crippen LogP contribution is 2.35. The van der Waals surface area contributed by atoms with E-state index < -0.39 is 29.7 Å². The van der Waals surface area contributed by atoms with Gasteiger partial charge in [0.2, 0.25) is 11.8 Å². The molecular weight excluding hydrogens is 734 g/mol. The van der Waals surface area contributed by atoms with Crippen molar-refractivity contribution in [2.75, 3.05) is 84.0 Å². The second kappa shape index (κ2) is 18.5. The maximum absolute atomic E-state index is 13.2. The van der Waals surface area contributed by atoms with Gasteiger partial charge in [-0.25, -0.2) is 0 Å². The van der Waals surface area contributed by atoms with Crippen LogP contribution < -0.4 is 21.3 Å². The SMILES string of the molecule is Cc1[nH]c(/C=C2\C(=O)Nc3ccc(CCN(C)C)cc32)c(C)c1C(=O)NCCOCCOCCOCCNc1cccc2c1C(=O)N([C@@H]1CCC(=O)NC1=O)C2=O. The first-order chi connectivity index (χ1) is 27.4. The molecule has 3 aromatic rings. The molecule has 57 heavy (non-hydrogen) atoms. The summed E-state index contributed by atoms with van der Waals surface area (Å²) in [6.07, 6.45) is 2.82. The number of hydrogen-bond donors (Lipinski definition) is 5. The maximum atomic E-state index is 13.2. The van der Waals surface area contributed by atoms with E-state index in [1.807, 2.05) is 46.2 Å². The van der Waals surface area contributed by atoms with Crippen molar-refractivity contribution in [1.82, 2.24) is 25.4 Å². The number of imide groups is 2. The van der Waals surface area contributed by atoms with Gasteiger partial charge in [-0.15, -0.1) is 0 Å². The number of fused-ring (bicyclic) bond motifs is 2. The Morgan fingerprint density at radius 3 is 2.33 bits per heavy atom. The van der Waals surface area contributed by atoms with Crippen LogP contribution in [0.25, 0.3) is 11.6 Å². The first kappa shape index (κ1) is 41.0. The van der Waals surface area contributed by atoms with E-state index in [-0.39, 0.29) is 35.8 Å². The van der Waals surface area contributed by atoms with Crippen LogP contribution in [0.3, 0.4) is 0 Å². The van der Waals surface area contributed by atoms with Crippen molar-refractivity contribution in [3.05, 3.63) is 81.2 Å². The molecule has 3 aliphatic heterocycles. The molecule has 0 spiro atoms. The number of benzene rings is 2. The fourth-order valence-corrected chi connectivity index (χ4v) is 7.08. The predicted octanol–water partition coefficient (Wildman–Crippen LogP) is 2.52. The van der Waals surface area contributed by atoms with Crippen LogP contribution in [0.15, 0.2) is 36.4 Å². The van der Waals surface area contributed by atoms with Gasteiger partial charge in [0.1, 0.15) is 6.04 Å². The Bertz CT molecular complexity index is 2090. The fourth-order valence-electron chi connectivity index (χ4n) is 7.08. The van der Waals surface area contributed by atoms with Crippen molar-refractivity contribution in [2.24, 2.45) is 0 Å². The number of aromatic amines is 1. The van der Waals surface area contributed by atoms with Crippen molar-refractivity contribution in [3.8, 4) is 0 Å². The quantitative estimate of drug-likeness (QED) is 0.0680. The third-order valence-corrected chi connectivity index (χ3v) is 10.0. The zero-order chi connectivity index (χ0) is 40.6. The first-order valence-corrected chi connectivity index (χ1v) is 19.0. The number of piperidine rings is 1. The predicted molar refractivity (Wildman–Crippen MR) is 212 cm³/mol. The van der Waals surface area contributed by atoms with Crippen molar-refractivity contribution < 1.29 is 43.0 Å². The molecule has 0 bridgehead atoms. The summed E-state index contributed by atoms with van der Waals surface area (Å²) in [4.78, 5) is 82.5. The number of H-pyrrole nitrogens is 1. The van der Waals surface area contributed by atoms with Crippen LogP contribution in [-0.4, -0.2) is 130 Å². The third-order valence-electron chi connectivity index (χ3n) is 10.0. The lowest BCUT2D eigenvalue weighted by Gasteiger charge is -2.27. The van der Waals surface area contributed by atoms with Crippen molar-refractivity contribution in [3.63, 3.8) is 0 Å². The van der Waals surface area contributed by atoms with Crippen LogP contribution in [0, 0.1) is 13.8 Å². The molecule has 5 N–H and O–H groups in total. The molecule has 2 aromatic carbocycles. The van der Waals surface area contributed by atoms with Gasteiger partial charge >= 0.3 is 0 Å². The van der Waals surface area contributed by atoms with Crippen molar-refractivity contribution in [2.45, 2.75) is 39.2 Å². The molecule has 1 aromatic heterocycles. The highest BCUT2D eigenvalue weighted by atomic mass is 16.5. The summed E-state index contributed by atoms with van der Waals surface area (Å²) in [5.41, 5.74) is 6.88. The lowest BCUT2D eigenvalue weighted by Crippen LogP contribution is -2.54. The summed E-state index contributed by atoms with van der Waals surface area (Å²) in [6, 6.07) is 9.88. The summed E-state index contributed by atoms with van der Waals surface area (Å²) in [7, 11) is 4.06. The van der Waals surface area contributed by atoms with E-state index in [0.717, 1.165) is 40.2 Å². The van der Waals surface area contributed by atoms with Crippen LogP contribution >= 0.6 is 0 Å². The van der Waals surface area contributed by atoms with Crippen molar-refractivity contribution in [1.29, 1.82) is 0 Å². The molecule has 1 fully saturated rings. The molecular formula is C41H49N7O9. The Morgan fingerprint density at radius 2 is 1.61 bits per heavy atom. The Balaban J connectivity index is 0.855. The van der Waals surface area contributed by atoms with E-state index in [0.29, 0.717) is 80.9 Å². The third kappa shape index (κ3) is 9.48. The Morgan fingerprint density at radius 1 is 0.895 bits per heavy atom. The number of hydrogen-bond acceptors (Lipinski definition) is 11. The number of carbonyl (C=O) groups is 6.